The van der Waals surface area contributed by atoms with Crippen LogP contribution in [0, 0.1) is 5.92 Å². The molecule has 4 heteroatoms. The van der Waals surface area contributed by atoms with Gasteiger partial charge in [0.2, 0.25) is 0 Å². The fourth-order valence-corrected chi connectivity index (χ4v) is 1.52. The number of hydrogen-bond acceptors (Lipinski definition) is 2. The highest BCUT2D eigenvalue weighted by molar-refractivity contribution is 4.79. The highest BCUT2D eigenvalue weighted by atomic mass is 19.3. The van der Waals surface area contributed by atoms with Gasteiger partial charge in [-0.05, 0) is 25.6 Å². The van der Waals surface area contributed by atoms with Crippen molar-refractivity contribution in [2.45, 2.75) is 46.5 Å². The zero-order chi connectivity index (χ0) is 14.6. The molecule has 18 heavy (non-hydrogen) atoms. The van der Waals surface area contributed by atoms with Gasteiger partial charge in [-0.2, -0.15) is 0 Å². The van der Waals surface area contributed by atoms with E-state index in [1.54, 1.807) is 0 Å². The first-order valence-electron chi connectivity index (χ1n) is 6.84. The molecule has 0 bridgehead atoms. The molecule has 1 atom stereocenters. The van der Waals surface area contributed by atoms with Crippen LogP contribution in [0.1, 0.15) is 40.5 Å². The minimum atomic E-state index is -2.52. The number of halogens is 2. The van der Waals surface area contributed by atoms with Crippen LogP contribution in [0.4, 0.5) is 8.78 Å². The monoisotopic (exact) mass is 264 g/mol. The smallest absolute Gasteiger partial charge is 0.260 e. The lowest BCUT2D eigenvalue weighted by molar-refractivity contribution is 0.000237. The highest BCUT2D eigenvalue weighted by Gasteiger charge is 2.23. The lowest BCUT2D eigenvalue weighted by atomic mass is 10.2. The van der Waals surface area contributed by atoms with Crippen LogP contribution in [0.5, 0.6) is 0 Å². The number of rotatable bonds is 4. The summed E-state index contributed by atoms with van der Waals surface area (Å²) in [7, 11) is 1.52. The molecule has 0 spiro atoms. The van der Waals surface area contributed by atoms with Gasteiger partial charge >= 0.3 is 0 Å². The topological polar surface area (TPSA) is 15.3 Å². The maximum absolute atomic E-state index is 12.1. The Morgan fingerprint density at radius 3 is 2.17 bits per heavy atom. The molecule has 0 saturated carbocycles. The Morgan fingerprint density at radius 2 is 2.00 bits per heavy atom. The molecule has 110 valence electrons. The minimum absolute atomic E-state index is 0.0894. The average molecular weight is 264 g/mol. The summed E-state index contributed by atoms with van der Waals surface area (Å²) in [6.07, 6.45) is 3.18. The largest absolute Gasteiger partial charge is 0.378 e. The molecule has 1 fully saturated rings. The average Bonchev–Trinajstić information content (AvgIpc) is 2.78. The number of likely N-dealkylation sites (tertiary alicyclic amines) is 1. The predicted octanol–water partition coefficient (Wildman–Crippen LogP) is 3.75. The lowest BCUT2D eigenvalue weighted by Crippen LogP contribution is -2.29. The molecule has 1 unspecified atom stereocenters. The van der Waals surface area contributed by atoms with Crippen LogP contribution in [-0.4, -0.2) is 37.5 Å². The molecule has 0 aromatic heterocycles. The molecule has 0 aliphatic carbocycles. The predicted molar refractivity (Wildman–Crippen MR) is 76.1 cm³/mol. The Bertz CT molecular complexity index is 196. The molecule has 1 saturated heterocycles. The standard InChI is InChI=1S/C7H13N.C5H11F2N.C2H6/c1-3-8-5-4-7(2)6-8;1-3-5(6,7)4-8-2;1-2/h3,7H,1,4-6H2,2H3;8H,3-4H2,1-2H3;1-2H3. The van der Waals surface area contributed by atoms with Crippen LogP contribution in [0.2, 0.25) is 0 Å². The third-order valence-electron chi connectivity index (χ3n) is 2.67. The van der Waals surface area contributed by atoms with Gasteiger partial charge < -0.3 is 10.2 Å². The van der Waals surface area contributed by atoms with E-state index >= 15 is 0 Å². The van der Waals surface area contributed by atoms with Crippen molar-refractivity contribution in [1.82, 2.24) is 10.2 Å². The summed E-state index contributed by atoms with van der Waals surface area (Å²) in [4.78, 5) is 2.27. The Kier molecular flexibility index (Phi) is 12.5. The van der Waals surface area contributed by atoms with Gasteiger partial charge in [-0.3, -0.25) is 0 Å². The maximum Gasteiger partial charge on any atom is 0.260 e. The van der Waals surface area contributed by atoms with Crippen molar-refractivity contribution in [1.29, 1.82) is 0 Å². The molecule has 2 nitrogen and oxygen atoms in total. The third kappa shape index (κ3) is 10.5. The van der Waals surface area contributed by atoms with Gasteiger partial charge in [0.05, 0.1) is 6.54 Å². The van der Waals surface area contributed by atoms with Crippen LogP contribution in [0.25, 0.3) is 0 Å². The van der Waals surface area contributed by atoms with E-state index in [1.807, 2.05) is 20.0 Å². The second-order valence-corrected chi connectivity index (χ2v) is 4.31. The number of alkyl halides is 2. The van der Waals surface area contributed by atoms with Gasteiger partial charge in [-0.1, -0.05) is 34.3 Å². The van der Waals surface area contributed by atoms with E-state index < -0.39 is 5.92 Å². The second kappa shape index (κ2) is 11.5. The summed E-state index contributed by atoms with van der Waals surface area (Å²) in [5.74, 6) is -1.64. The van der Waals surface area contributed by atoms with Crippen LogP contribution in [0.15, 0.2) is 12.8 Å². The fraction of sp³-hybridized carbons (Fsp3) is 0.857. The maximum atomic E-state index is 12.1. The first kappa shape index (κ1) is 19.7. The normalized spacial score (nSPS) is 18.4. The van der Waals surface area contributed by atoms with Crippen molar-refractivity contribution in [2.75, 3.05) is 26.7 Å². The van der Waals surface area contributed by atoms with Crippen molar-refractivity contribution in [2.24, 2.45) is 5.92 Å². The lowest BCUT2D eigenvalue weighted by Gasteiger charge is -2.11. The number of hydrogen-bond donors (Lipinski definition) is 1. The van der Waals surface area contributed by atoms with E-state index in [0.717, 1.165) is 5.92 Å². The molecule has 0 aromatic rings. The Morgan fingerprint density at radius 1 is 1.44 bits per heavy atom. The van der Waals surface area contributed by atoms with E-state index in [9.17, 15) is 8.78 Å². The first-order chi connectivity index (χ1) is 8.45. The Hall–Kier alpha value is -0.640. The van der Waals surface area contributed by atoms with Gasteiger partial charge in [0.1, 0.15) is 0 Å². The molecule has 1 heterocycles. The van der Waals surface area contributed by atoms with E-state index in [1.165, 1.54) is 33.5 Å². The molecular formula is C14H30F2N2. The van der Waals surface area contributed by atoms with Gasteiger partial charge in [-0.15, -0.1) is 0 Å². The molecule has 1 aliphatic heterocycles. The molecule has 0 amide bonds. The second-order valence-electron chi connectivity index (χ2n) is 4.31. The van der Waals surface area contributed by atoms with Crippen molar-refractivity contribution >= 4 is 0 Å². The summed E-state index contributed by atoms with van der Waals surface area (Å²) in [5, 5.41) is 2.41. The summed E-state index contributed by atoms with van der Waals surface area (Å²) in [5.41, 5.74) is 0. The molecular weight excluding hydrogens is 234 g/mol. The van der Waals surface area contributed by atoms with Crippen molar-refractivity contribution in [3.63, 3.8) is 0 Å². The molecule has 1 rings (SSSR count). The SMILES string of the molecule is C=CN1CCC(C)C1.CC.CCC(F)(F)CNC. The molecule has 0 aromatic carbocycles. The highest BCUT2D eigenvalue weighted by Crippen LogP contribution is 2.15. The quantitative estimate of drug-likeness (QED) is 0.832. The zero-order valence-electron chi connectivity index (χ0n) is 12.6. The Labute approximate surface area is 111 Å². The van der Waals surface area contributed by atoms with Crippen LogP contribution < -0.4 is 5.32 Å². The van der Waals surface area contributed by atoms with E-state index in [-0.39, 0.29) is 13.0 Å². The number of nitrogens with one attached hydrogen (secondary N) is 1. The van der Waals surface area contributed by atoms with Gasteiger partial charge in [-0.25, -0.2) is 8.78 Å². The van der Waals surface area contributed by atoms with Gasteiger partial charge in [0.25, 0.3) is 5.92 Å². The summed E-state index contributed by atoms with van der Waals surface area (Å²) >= 11 is 0. The van der Waals surface area contributed by atoms with Crippen molar-refractivity contribution in [3.8, 4) is 0 Å². The zero-order valence-corrected chi connectivity index (χ0v) is 12.6. The Balaban J connectivity index is 0. The van der Waals surface area contributed by atoms with Crippen molar-refractivity contribution in [3.05, 3.63) is 12.8 Å². The van der Waals surface area contributed by atoms with Crippen LogP contribution in [0.3, 0.4) is 0 Å². The van der Waals surface area contributed by atoms with Crippen LogP contribution >= 0.6 is 0 Å². The number of nitrogens with zero attached hydrogens (tertiary/aromatic N) is 1. The first-order valence-corrected chi connectivity index (χ1v) is 6.84. The molecule has 1 aliphatic rings. The van der Waals surface area contributed by atoms with Gasteiger partial charge in [0.15, 0.2) is 0 Å². The van der Waals surface area contributed by atoms with E-state index in [0.29, 0.717) is 0 Å². The van der Waals surface area contributed by atoms with Crippen LogP contribution in [-0.2, 0) is 0 Å². The van der Waals surface area contributed by atoms with Crippen molar-refractivity contribution < 1.29 is 8.78 Å². The minimum Gasteiger partial charge on any atom is -0.378 e. The summed E-state index contributed by atoms with van der Waals surface area (Å²) in [6, 6.07) is 0. The molecule has 0 radical (unpaired) electrons. The van der Waals surface area contributed by atoms with Gasteiger partial charge in [0, 0.05) is 19.5 Å². The summed E-state index contributed by atoms with van der Waals surface area (Å²) in [6.45, 7) is 13.7. The fourth-order valence-electron chi connectivity index (χ4n) is 1.52. The van der Waals surface area contributed by atoms with E-state index in [4.69, 9.17) is 0 Å². The summed E-state index contributed by atoms with van der Waals surface area (Å²) < 4.78 is 24.2. The molecule has 1 N–H and O–H groups in total. The third-order valence-corrected chi connectivity index (χ3v) is 2.67. The van der Waals surface area contributed by atoms with E-state index in [2.05, 4.69) is 23.7 Å².